The summed E-state index contributed by atoms with van der Waals surface area (Å²) >= 11 is 7.91. The number of aryl methyl sites for hydroxylation is 1. The summed E-state index contributed by atoms with van der Waals surface area (Å²) in [6.45, 7) is 7.43. The molecule has 1 fully saturated rings. The summed E-state index contributed by atoms with van der Waals surface area (Å²) in [5, 5.41) is 0.150. The van der Waals surface area contributed by atoms with Crippen LogP contribution >= 0.6 is 22.9 Å². The number of amides is 1. The average Bonchev–Trinajstić information content (AvgIpc) is 3.11. The minimum atomic E-state index is -3.72. The molecule has 0 unspecified atom stereocenters. The number of thiophene rings is 1. The summed E-state index contributed by atoms with van der Waals surface area (Å²) in [4.78, 5) is 17.3. The summed E-state index contributed by atoms with van der Waals surface area (Å²) in [5.74, 6) is -0.196. The van der Waals surface area contributed by atoms with Crippen LogP contribution in [0.1, 0.15) is 53.2 Å². The van der Waals surface area contributed by atoms with Crippen molar-refractivity contribution >= 4 is 38.9 Å². The molecular formula is C21H27ClN2O3S2. The smallest absolute Gasteiger partial charge is 0.254 e. The van der Waals surface area contributed by atoms with Crippen molar-refractivity contribution in [3.63, 3.8) is 0 Å². The molecule has 0 atom stereocenters. The number of hydrogen-bond donors (Lipinski definition) is 0. The number of carbonyl (C=O) groups excluding carboxylic acids is 1. The molecule has 0 saturated carbocycles. The van der Waals surface area contributed by atoms with Crippen molar-refractivity contribution < 1.29 is 13.2 Å². The Bertz CT molecular complexity index is 980. The monoisotopic (exact) mass is 454 g/mol. The first-order valence-corrected chi connectivity index (χ1v) is 12.5. The quantitative estimate of drug-likeness (QED) is 0.621. The first-order valence-electron chi connectivity index (χ1n) is 9.86. The van der Waals surface area contributed by atoms with Gasteiger partial charge >= 0.3 is 0 Å². The van der Waals surface area contributed by atoms with Crippen LogP contribution in [-0.4, -0.2) is 42.7 Å². The zero-order chi connectivity index (χ0) is 21.2. The van der Waals surface area contributed by atoms with Crippen molar-refractivity contribution in [1.29, 1.82) is 0 Å². The van der Waals surface area contributed by atoms with Crippen LogP contribution < -0.4 is 0 Å². The first kappa shape index (κ1) is 22.3. The fourth-order valence-corrected chi connectivity index (χ4v) is 6.38. The zero-order valence-electron chi connectivity index (χ0n) is 17.0. The lowest BCUT2D eigenvalue weighted by atomic mass is 10.1. The van der Waals surface area contributed by atoms with Crippen LogP contribution in [0, 0.1) is 6.92 Å². The SMILES string of the molecule is Cc1ccc(CN(C(=O)c2ccc(Cl)c(S(=O)(=O)N3CCCCC3)c2)C(C)C)s1. The zero-order valence-corrected chi connectivity index (χ0v) is 19.4. The summed E-state index contributed by atoms with van der Waals surface area (Å²) < 4.78 is 27.7. The van der Waals surface area contributed by atoms with Crippen LogP contribution in [0.5, 0.6) is 0 Å². The van der Waals surface area contributed by atoms with Gasteiger partial charge in [-0.2, -0.15) is 4.31 Å². The maximum atomic E-state index is 13.2. The minimum absolute atomic E-state index is 0.0163. The Kier molecular flexibility index (Phi) is 7.04. The lowest BCUT2D eigenvalue weighted by molar-refractivity contribution is 0.0692. The highest BCUT2D eigenvalue weighted by Crippen LogP contribution is 2.29. The van der Waals surface area contributed by atoms with Crippen molar-refractivity contribution in [2.75, 3.05) is 13.1 Å². The third-order valence-electron chi connectivity index (χ3n) is 5.12. The van der Waals surface area contributed by atoms with Gasteiger partial charge in [0.05, 0.1) is 11.6 Å². The molecule has 1 saturated heterocycles. The first-order chi connectivity index (χ1) is 13.7. The molecule has 158 valence electrons. The van der Waals surface area contributed by atoms with Crippen molar-refractivity contribution in [3.8, 4) is 0 Å². The van der Waals surface area contributed by atoms with Gasteiger partial charge in [-0.3, -0.25) is 4.79 Å². The van der Waals surface area contributed by atoms with Crippen LogP contribution in [0.3, 0.4) is 0 Å². The summed E-state index contributed by atoms with van der Waals surface area (Å²) in [7, 11) is -3.72. The fourth-order valence-electron chi connectivity index (χ4n) is 3.47. The number of sulfonamides is 1. The van der Waals surface area contributed by atoms with E-state index in [1.165, 1.54) is 21.3 Å². The molecule has 29 heavy (non-hydrogen) atoms. The Balaban J connectivity index is 1.91. The molecule has 0 spiro atoms. The van der Waals surface area contributed by atoms with Gasteiger partial charge in [-0.05, 0) is 63.9 Å². The number of benzene rings is 1. The molecule has 2 aromatic rings. The fraction of sp³-hybridized carbons (Fsp3) is 0.476. The number of carbonyl (C=O) groups is 1. The van der Waals surface area contributed by atoms with E-state index in [9.17, 15) is 13.2 Å². The minimum Gasteiger partial charge on any atom is -0.331 e. The second kappa shape index (κ2) is 9.16. The molecule has 5 nitrogen and oxygen atoms in total. The molecule has 1 aliphatic rings. The normalized spacial score (nSPS) is 15.6. The van der Waals surface area contributed by atoms with Crippen molar-refractivity contribution in [3.05, 3.63) is 50.7 Å². The van der Waals surface area contributed by atoms with Gasteiger partial charge in [0.25, 0.3) is 5.91 Å². The summed E-state index contributed by atoms with van der Waals surface area (Å²) in [5.41, 5.74) is 0.340. The molecule has 3 rings (SSSR count). The molecule has 1 aromatic heterocycles. The standard InChI is InChI=1S/C21H27ClN2O3S2/c1-15(2)24(14-18-9-7-16(3)28-18)21(25)17-8-10-19(22)20(13-17)29(26,27)23-11-5-4-6-12-23/h7-10,13,15H,4-6,11-12,14H2,1-3H3. The highest BCUT2D eigenvalue weighted by Gasteiger charge is 2.29. The van der Waals surface area contributed by atoms with Gasteiger partial charge < -0.3 is 4.90 Å². The van der Waals surface area contributed by atoms with Gasteiger partial charge in [-0.1, -0.05) is 18.0 Å². The molecule has 1 aromatic carbocycles. The molecule has 1 aliphatic heterocycles. The lowest BCUT2D eigenvalue weighted by Crippen LogP contribution is -2.37. The van der Waals surface area contributed by atoms with Gasteiger partial charge in [-0.25, -0.2) is 8.42 Å². The van der Waals surface area contributed by atoms with E-state index in [4.69, 9.17) is 11.6 Å². The Morgan fingerprint density at radius 2 is 1.86 bits per heavy atom. The predicted octanol–water partition coefficient (Wildman–Crippen LogP) is 4.94. The maximum Gasteiger partial charge on any atom is 0.254 e. The number of nitrogens with zero attached hydrogens (tertiary/aromatic N) is 2. The lowest BCUT2D eigenvalue weighted by Gasteiger charge is -2.28. The van der Waals surface area contributed by atoms with E-state index in [2.05, 4.69) is 0 Å². The molecule has 8 heteroatoms. The Labute approximate surface area is 182 Å². The molecule has 0 bridgehead atoms. The molecule has 1 amide bonds. The number of piperidine rings is 1. The predicted molar refractivity (Wildman–Crippen MR) is 118 cm³/mol. The summed E-state index contributed by atoms with van der Waals surface area (Å²) in [6, 6.07) is 8.59. The molecule has 0 aliphatic carbocycles. The van der Waals surface area contributed by atoms with Crippen molar-refractivity contribution in [1.82, 2.24) is 9.21 Å². The molecule has 0 radical (unpaired) electrons. The Morgan fingerprint density at radius 3 is 2.45 bits per heavy atom. The highest BCUT2D eigenvalue weighted by atomic mass is 35.5. The topological polar surface area (TPSA) is 57.7 Å². The van der Waals surface area contributed by atoms with Crippen LogP contribution in [-0.2, 0) is 16.6 Å². The van der Waals surface area contributed by atoms with Gasteiger partial charge in [0.1, 0.15) is 4.90 Å². The number of hydrogen-bond acceptors (Lipinski definition) is 4. The number of rotatable bonds is 6. The van der Waals surface area contributed by atoms with Gasteiger partial charge in [0.15, 0.2) is 0 Å². The van der Waals surface area contributed by atoms with E-state index in [0.29, 0.717) is 25.2 Å². The van der Waals surface area contributed by atoms with E-state index < -0.39 is 10.0 Å². The summed E-state index contributed by atoms with van der Waals surface area (Å²) in [6.07, 6.45) is 2.72. The van der Waals surface area contributed by atoms with Gasteiger partial charge in [0.2, 0.25) is 10.0 Å². The van der Waals surface area contributed by atoms with Gasteiger partial charge in [0, 0.05) is 34.4 Å². The van der Waals surface area contributed by atoms with E-state index in [0.717, 1.165) is 24.1 Å². The Morgan fingerprint density at radius 1 is 1.17 bits per heavy atom. The van der Waals surface area contributed by atoms with Crippen LogP contribution in [0.4, 0.5) is 0 Å². The number of halogens is 1. The Hall–Kier alpha value is -1.41. The third-order valence-corrected chi connectivity index (χ3v) is 8.48. The van der Waals surface area contributed by atoms with Crippen molar-refractivity contribution in [2.45, 2.75) is 57.5 Å². The van der Waals surface area contributed by atoms with E-state index >= 15 is 0 Å². The van der Waals surface area contributed by atoms with E-state index in [1.807, 2.05) is 32.9 Å². The molecular weight excluding hydrogens is 428 g/mol. The van der Waals surface area contributed by atoms with E-state index in [1.54, 1.807) is 22.3 Å². The van der Waals surface area contributed by atoms with Crippen LogP contribution in [0.15, 0.2) is 35.2 Å². The van der Waals surface area contributed by atoms with Gasteiger partial charge in [-0.15, -0.1) is 11.3 Å². The molecule has 2 heterocycles. The maximum absolute atomic E-state index is 13.2. The highest BCUT2D eigenvalue weighted by molar-refractivity contribution is 7.89. The van der Waals surface area contributed by atoms with Crippen molar-refractivity contribution in [2.24, 2.45) is 0 Å². The molecule has 0 N–H and O–H groups in total. The average molecular weight is 455 g/mol. The van der Waals surface area contributed by atoms with Crippen LogP contribution in [0.2, 0.25) is 5.02 Å². The van der Waals surface area contributed by atoms with E-state index in [-0.39, 0.29) is 21.9 Å². The van der Waals surface area contributed by atoms with Crippen LogP contribution in [0.25, 0.3) is 0 Å². The third kappa shape index (κ3) is 5.02. The second-order valence-corrected chi connectivity index (χ2v) is 11.3. The second-order valence-electron chi connectivity index (χ2n) is 7.65. The largest absolute Gasteiger partial charge is 0.331 e.